The molecule has 1 aliphatic heterocycles. The summed E-state index contributed by atoms with van der Waals surface area (Å²) in [5.74, 6) is -0.359. The second-order valence-corrected chi connectivity index (χ2v) is 9.59. The van der Waals surface area contributed by atoms with Crippen LogP contribution in [0.1, 0.15) is 20.3 Å². The lowest BCUT2D eigenvalue weighted by Gasteiger charge is -2.26. The molecule has 9 heteroatoms. The van der Waals surface area contributed by atoms with Gasteiger partial charge in [-0.25, -0.2) is 16.8 Å². The Morgan fingerprint density at radius 1 is 1.30 bits per heavy atom. The highest BCUT2D eigenvalue weighted by molar-refractivity contribution is 7.92. The number of hydrogen-bond donors (Lipinski definition) is 1. The summed E-state index contributed by atoms with van der Waals surface area (Å²) >= 11 is 0. The van der Waals surface area contributed by atoms with Crippen LogP contribution in [0.15, 0.2) is 29.2 Å². The molecular weight excluding hydrogens is 340 g/mol. The monoisotopic (exact) mass is 360 g/mol. The molecule has 1 fully saturated rings. The van der Waals surface area contributed by atoms with Crippen LogP contribution in [0.3, 0.4) is 0 Å². The standard InChI is InChI=1S/C14H20N2O5S2/c1-3-16(13-8-9-22(18,19)10-13)23(20,21)14-6-4-12(5-7-14)15-11(2)17/h4-7,13H,3,8-10H2,1-2H3,(H,15,17)/t13-/m1/s1. The Kier molecular flexibility index (Phi) is 5.12. The predicted octanol–water partition coefficient (Wildman–Crippen LogP) is 0.843. The number of carbonyl (C=O) groups excluding carboxylic acids is 1. The largest absolute Gasteiger partial charge is 0.326 e. The number of sulfonamides is 1. The Morgan fingerprint density at radius 3 is 2.35 bits per heavy atom. The van der Waals surface area contributed by atoms with Crippen LogP contribution in [0.5, 0.6) is 0 Å². The molecule has 0 unspecified atom stereocenters. The maximum absolute atomic E-state index is 12.7. The van der Waals surface area contributed by atoms with E-state index in [2.05, 4.69) is 5.32 Å². The molecule has 128 valence electrons. The van der Waals surface area contributed by atoms with Crippen LogP contribution in [-0.4, -0.2) is 51.1 Å². The number of benzene rings is 1. The maximum atomic E-state index is 12.7. The molecule has 1 N–H and O–H groups in total. The number of rotatable bonds is 5. The normalized spacial score (nSPS) is 20.6. The molecule has 1 atom stereocenters. The van der Waals surface area contributed by atoms with Crippen LogP contribution in [-0.2, 0) is 24.7 Å². The van der Waals surface area contributed by atoms with E-state index in [4.69, 9.17) is 0 Å². The van der Waals surface area contributed by atoms with Gasteiger partial charge < -0.3 is 5.32 Å². The fraction of sp³-hybridized carbons (Fsp3) is 0.500. The second kappa shape index (κ2) is 6.58. The van der Waals surface area contributed by atoms with Crippen molar-refractivity contribution >= 4 is 31.5 Å². The molecule has 1 aromatic carbocycles. The molecule has 1 heterocycles. The highest BCUT2D eigenvalue weighted by atomic mass is 32.2. The van der Waals surface area contributed by atoms with E-state index in [0.29, 0.717) is 12.1 Å². The molecule has 2 rings (SSSR count). The van der Waals surface area contributed by atoms with E-state index < -0.39 is 25.9 Å². The van der Waals surface area contributed by atoms with Crippen molar-refractivity contribution in [2.24, 2.45) is 0 Å². The van der Waals surface area contributed by atoms with Crippen molar-refractivity contribution in [1.29, 1.82) is 0 Å². The third-order valence-corrected chi connectivity index (χ3v) is 7.50. The van der Waals surface area contributed by atoms with Gasteiger partial charge in [-0.2, -0.15) is 4.31 Å². The summed E-state index contributed by atoms with van der Waals surface area (Å²) in [6.45, 7) is 3.26. The molecule has 23 heavy (non-hydrogen) atoms. The molecule has 1 amide bonds. The Bertz CT molecular complexity index is 785. The number of hydrogen-bond acceptors (Lipinski definition) is 5. The van der Waals surface area contributed by atoms with E-state index in [1.165, 1.54) is 35.5 Å². The van der Waals surface area contributed by atoms with Crippen LogP contribution in [0, 0.1) is 0 Å². The van der Waals surface area contributed by atoms with Crippen molar-refractivity contribution in [3.8, 4) is 0 Å². The summed E-state index contributed by atoms with van der Waals surface area (Å²) in [4.78, 5) is 11.1. The van der Waals surface area contributed by atoms with Gasteiger partial charge >= 0.3 is 0 Å². The zero-order valence-electron chi connectivity index (χ0n) is 13.0. The minimum absolute atomic E-state index is 0.0190. The summed E-state index contributed by atoms with van der Waals surface area (Å²) in [6, 6.07) is 5.31. The number of sulfone groups is 1. The molecule has 1 aromatic rings. The van der Waals surface area contributed by atoms with E-state index in [1.54, 1.807) is 6.92 Å². The van der Waals surface area contributed by atoms with Crippen LogP contribution in [0.4, 0.5) is 5.69 Å². The first-order valence-electron chi connectivity index (χ1n) is 7.25. The summed E-state index contributed by atoms with van der Waals surface area (Å²) in [5, 5.41) is 2.57. The van der Waals surface area contributed by atoms with Gasteiger partial charge in [0.15, 0.2) is 9.84 Å². The summed E-state index contributed by atoms with van der Waals surface area (Å²) in [7, 11) is -6.94. The Morgan fingerprint density at radius 2 is 1.91 bits per heavy atom. The van der Waals surface area contributed by atoms with Crippen molar-refractivity contribution < 1.29 is 21.6 Å². The molecule has 1 saturated heterocycles. The smallest absolute Gasteiger partial charge is 0.243 e. The lowest BCUT2D eigenvalue weighted by atomic mass is 10.3. The summed E-state index contributed by atoms with van der Waals surface area (Å²) in [6.07, 6.45) is 0.319. The first-order valence-corrected chi connectivity index (χ1v) is 10.5. The Hall–Kier alpha value is -1.45. The van der Waals surface area contributed by atoms with Crippen molar-refractivity contribution in [2.45, 2.75) is 31.2 Å². The fourth-order valence-electron chi connectivity index (χ4n) is 2.68. The lowest BCUT2D eigenvalue weighted by Crippen LogP contribution is -2.40. The molecular formula is C14H20N2O5S2. The number of amides is 1. The van der Waals surface area contributed by atoms with E-state index in [0.717, 1.165) is 0 Å². The third kappa shape index (κ3) is 4.10. The minimum atomic E-state index is -3.77. The van der Waals surface area contributed by atoms with Gasteiger partial charge in [0.25, 0.3) is 0 Å². The molecule has 0 spiro atoms. The van der Waals surface area contributed by atoms with Crippen molar-refractivity contribution in [1.82, 2.24) is 4.31 Å². The Balaban J connectivity index is 2.27. The molecule has 0 aliphatic carbocycles. The van der Waals surface area contributed by atoms with Gasteiger partial charge in [-0.15, -0.1) is 0 Å². The number of nitrogens with zero attached hydrogens (tertiary/aromatic N) is 1. The van der Waals surface area contributed by atoms with Crippen LogP contribution >= 0.6 is 0 Å². The minimum Gasteiger partial charge on any atom is -0.326 e. The molecule has 0 radical (unpaired) electrons. The fourth-order valence-corrected chi connectivity index (χ4v) is 6.16. The van der Waals surface area contributed by atoms with Gasteiger partial charge in [0.2, 0.25) is 15.9 Å². The maximum Gasteiger partial charge on any atom is 0.243 e. The Labute approximate surface area is 136 Å². The summed E-state index contributed by atoms with van der Waals surface area (Å²) in [5.41, 5.74) is 0.503. The van der Waals surface area contributed by atoms with Gasteiger partial charge in [0.1, 0.15) is 0 Å². The van der Waals surface area contributed by atoms with E-state index in [9.17, 15) is 21.6 Å². The van der Waals surface area contributed by atoms with Gasteiger partial charge in [-0.1, -0.05) is 6.92 Å². The lowest BCUT2D eigenvalue weighted by molar-refractivity contribution is -0.114. The van der Waals surface area contributed by atoms with Crippen molar-refractivity contribution in [3.05, 3.63) is 24.3 Å². The van der Waals surface area contributed by atoms with E-state index in [1.807, 2.05) is 0 Å². The van der Waals surface area contributed by atoms with E-state index in [-0.39, 0.29) is 28.9 Å². The third-order valence-electron chi connectivity index (χ3n) is 3.71. The molecule has 0 aromatic heterocycles. The molecule has 0 saturated carbocycles. The van der Waals surface area contributed by atoms with Crippen LogP contribution < -0.4 is 5.32 Å². The SMILES string of the molecule is CCN([C@@H]1CCS(=O)(=O)C1)S(=O)(=O)c1ccc(NC(C)=O)cc1. The van der Waals surface area contributed by atoms with Crippen LogP contribution in [0.25, 0.3) is 0 Å². The molecule has 7 nitrogen and oxygen atoms in total. The van der Waals surface area contributed by atoms with Gasteiger partial charge in [0, 0.05) is 25.2 Å². The topological polar surface area (TPSA) is 101 Å². The predicted molar refractivity (Wildman–Crippen MR) is 87.4 cm³/mol. The van der Waals surface area contributed by atoms with E-state index >= 15 is 0 Å². The van der Waals surface area contributed by atoms with Crippen LogP contribution in [0.2, 0.25) is 0 Å². The average molecular weight is 360 g/mol. The van der Waals surface area contributed by atoms with Crippen molar-refractivity contribution in [2.75, 3.05) is 23.4 Å². The number of anilines is 1. The number of carbonyl (C=O) groups is 1. The first-order chi connectivity index (χ1) is 10.7. The zero-order chi connectivity index (χ0) is 17.3. The van der Waals surface area contributed by atoms with Gasteiger partial charge in [-0.05, 0) is 30.7 Å². The molecule has 1 aliphatic rings. The molecule has 0 bridgehead atoms. The summed E-state index contributed by atoms with van der Waals surface area (Å²) < 4.78 is 49.9. The van der Waals surface area contributed by atoms with Gasteiger partial charge in [0.05, 0.1) is 16.4 Å². The second-order valence-electron chi connectivity index (χ2n) is 5.47. The number of nitrogens with one attached hydrogen (secondary N) is 1. The first kappa shape index (κ1) is 17.9. The quantitative estimate of drug-likeness (QED) is 0.839. The van der Waals surface area contributed by atoms with Gasteiger partial charge in [-0.3, -0.25) is 4.79 Å². The zero-order valence-corrected chi connectivity index (χ0v) is 14.7. The highest BCUT2D eigenvalue weighted by Crippen LogP contribution is 2.25. The van der Waals surface area contributed by atoms with Crippen molar-refractivity contribution in [3.63, 3.8) is 0 Å². The average Bonchev–Trinajstić information content (AvgIpc) is 2.79. The highest BCUT2D eigenvalue weighted by Gasteiger charge is 2.37.